The van der Waals surface area contributed by atoms with Crippen LogP contribution in [-0.4, -0.2) is 33.9 Å². The quantitative estimate of drug-likeness (QED) is 0.849. The van der Waals surface area contributed by atoms with Crippen LogP contribution in [0.2, 0.25) is 0 Å². The fraction of sp³-hybridized carbons (Fsp3) is 0.474. The van der Waals surface area contributed by atoms with Crippen LogP contribution in [0.3, 0.4) is 0 Å². The predicted molar refractivity (Wildman–Crippen MR) is 94.2 cm³/mol. The lowest BCUT2D eigenvalue weighted by molar-refractivity contribution is -0.137. The molecule has 128 valence electrons. The molecule has 0 aliphatic carbocycles. The lowest BCUT2D eigenvalue weighted by Gasteiger charge is -2.36. The summed E-state index contributed by atoms with van der Waals surface area (Å²) < 4.78 is 1.84. The summed E-state index contributed by atoms with van der Waals surface area (Å²) in [5, 5.41) is 13.2. The molecular weight excluding hydrogens is 302 g/mol. The highest BCUT2D eigenvalue weighted by atomic mass is 16.4. The number of nitrogens with zero attached hydrogens (tertiary/aromatic N) is 3. The van der Waals surface area contributed by atoms with Gasteiger partial charge < -0.3 is 10.0 Å². The fourth-order valence-electron chi connectivity index (χ4n) is 3.59. The van der Waals surface area contributed by atoms with E-state index in [0.717, 1.165) is 38.8 Å². The Labute approximate surface area is 142 Å². The second-order valence-corrected chi connectivity index (χ2v) is 6.70. The molecule has 0 saturated carbocycles. The average Bonchev–Trinajstić information content (AvgIpc) is 2.98. The third-order valence-electron chi connectivity index (χ3n) is 4.74. The van der Waals surface area contributed by atoms with E-state index in [2.05, 4.69) is 40.5 Å². The molecule has 0 bridgehead atoms. The summed E-state index contributed by atoms with van der Waals surface area (Å²) in [4.78, 5) is 13.3. The van der Waals surface area contributed by atoms with Gasteiger partial charge in [-0.2, -0.15) is 5.10 Å². The molecule has 0 spiro atoms. The Bertz CT molecular complexity index is 695. The molecule has 1 atom stereocenters. The predicted octanol–water partition coefficient (Wildman–Crippen LogP) is 2.90. The molecule has 0 amide bonds. The molecule has 2 aromatic rings. The second kappa shape index (κ2) is 7.51. The molecule has 1 aliphatic rings. The van der Waals surface area contributed by atoms with Crippen molar-refractivity contribution in [2.75, 3.05) is 18.0 Å². The average molecular weight is 327 g/mol. The van der Waals surface area contributed by atoms with E-state index < -0.39 is 5.97 Å². The van der Waals surface area contributed by atoms with Crippen molar-refractivity contribution < 1.29 is 9.90 Å². The number of anilines is 1. The van der Waals surface area contributed by atoms with Crippen molar-refractivity contribution in [3.8, 4) is 0 Å². The number of aryl methyl sites for hydroxylation is 2. The third kappa shape index (κ3) is 4.16. The first kappa shape index (κ1) is 16.6. The monoisotopic (exact) mass is 327 g/mol. The van der Waals surface area contributed by atoms with Crippen molar-refractivity contribution in [3.63, 3.8) is 0 Å². The summed E-state index contributed by atoms with van der Waals surface area (Å²) >= 11 is 0. The van der Waals surface area contributed by atoms with Crippen molar-refractivity contribution in [2.24, 2.45) is 13.0 Å². The Morgan fingerprint density at radius 1 is 1.38 bits per heavy atom. The maximum absolute atomic E-state index is 10.9. The van der Waals surface area contributed by atoms with Gasteiger partial charge in [0, 0.05) is 38.4 Å². The van der Waals surface area contributed by atoms with Crippen LogP contribution in [0.25, 0.3) is 0 Å². The number of aliphatic carboxylic acids is 1. The summed E-state index contributed by atoms with van der Waals surface area (Å²) in [6, 6.07) is 8.53. The van der Waals surface area contributed by atoms with Gasteiger partial charge in [0.25, 0.3) is 0 Å². The normalized spacial score (nSPS) is 16.9. The van der Waals surface area contributed by atoms with Gasteiger partial charge in [-0.25, -0.2) is 0 Å². The van der Waals surface area contributed by atoms with Crippen molar-refractivity contribution in [1.82, 2.24) is 9.78 Å². The van der Waals surface area contributed by atoms with E-state index in [4.69, 9.17) is 5.11 Å². The molecular formula is C19H25N3O2. The molecule has 5 nitrogen and oxygen atoms in total. The lowest BCUT2D eigenvalue weighted by atomic mass is 9.89. The first-order valence-electron chi connectivity index (χ1n) is 8.64. The van der Waals surface area contributed by atoms with Gasteiger partial charge in [-0.05, 0) is 48.8 Å². The van der Waals surface area contributed by atoms with E-state index in [1.54, 1.807) is 0 Å². The Morgan fingerprint density at radius 3 is 2.96 bits per heavy atom. The minimum Gasteiger partial charge on any atom is -0.481 e. The summed E-state index contributed by atoms with van der Waals surface area (Å²) in [6.45, 7) is 1.95. The van der Waals surface area contributed by atoms with E-state index in [1.165, 1.54) is 16.8 Å². The molecule has 1 aromatic heterocycles. The van der Waals surface area contributed by atoms with Gasteiger partial charge in [0.2, 0.25) is 0 Å². The SMILES string of the molecule is Cn1cc(CCCN2CC(CCC(=O)O)Cc3ccccc32)cn1. The van der Waals surface area contributed by atoms with E-state index in [1.807, 2.05) is 17.9 Å². The smallest absolute Gasteiger partial charge is 0.303 e. The van der Waals surface area contributed by atoms with E-state index in [-0.39, 0.29) is 6.42 Å². The molecule has 24 heavy (non-hydrogen) atoms. The van der Waals surface area contributed by atoms with Crippen molar-refractivity contribution in [3.05, 3.63) is 47.8 Å². The molecule has 2 heterocycles. The highest BCUT2D eigenvalue weighted by Gasteiger charge is 2.24. The number of hydrogen-bond acceptors (Lipinski definition) is 3. The lowest BCUT2D eigenvalue weighted by Crippen LogP contribution is -2.36. The van der Waals surface area contributed by atoms with Crippen molar-refractivity contribution >= 4 is 11.7 Å². The number of rotatable bonds is 7. The van der Waals surface area contributed by atoms with Gasteiger partial charge in [-0.15, -0.1) is 0 Å². The number of carboxylic acid groups (broad SMARTS) is 1. The molecule has 1 N–H and O–H groups in total. The molecule has 0 radical (unpaired) electrons. The largest absolute Gasteiger partial charge is 0.481 e. The number of hydrogen-bond donors (Lipinski definition) is 1. The summed E-state index contributed by atoms with van der Waals surface area (Å²) in [6.07, 6.45) is 8.10. The maximum Gasteiger partial charge on any atom is 0.303 e. The minimum atomic E-state index is -0.697. The number of benzene rings is 1. The number of carboxylic acids is 1. The van der Waals surface area contributed by atoms with Crippen LogP contribution in [0.15, 0.2) is 36.7 Å². The van der Waals surface area contributed by atoms with Gasteiger partial charge in [-0.1, -0.05) is 18.2 Å². The van der Waals surface area contributed by atoms with Crippen LogP contribution in [0.1, 0.15) is 30.4 Å². The van der Waals surface area contributed by atoms with Crippen LogP contribution < -0.4 is 4.90 Å². The highest BCUT2D eigenvalue weighted by molar-refractivity contribution is 5.66. The number of para-hydroxylation sites is 1. The maximum atomic E-state index is 10.9. The molecule has 1 aromatic carbocycles. The van der Waals surface area contributed by atoms with Gasteiger partial charge in [-0.3, -0.25) is 9.48 Å². The summed E-state index contributed by atoms with van der Waals surface area (Å²) in [5.74, 6) is -0.272. The summed E-state index contributed by atoms with van der Waals surface area (Å²) in [5.41, 5.74) is 3.93. The topological polar surface area (TPSA) is 58.4 Å². The van der Waals surface area contributed by atoms with Crippen molar-refractivity contribution in [2.45, 2.75) is 32.1 Å². The Morgan fingerprint density at radius 2 is 2.21 bits per heavy atom. The standard InChI is InChI=1S/C19H25N3O2/c1-21-13-16(12-20-21)5-4-10-22-14-15(8-9-19(23)24)11-17-6-2-3-7-18(17)22/h2-3,6-7,12-13,15H,4-5,8-11,14H2,1H3,(H,23,24). The first-order valence-corrected chi connectivity index (χ1v) is 8.64. The van der Waals surface area contributed by atoms with Crippen LogP contribution in [0.5, 0.6) is 0 Å². The van der Waals surface area contributed by atoms with Crippen LogP contribution >= 0.6 is 0 Å². The highest BCUT2D eigenvalue weighted by Crippen LogP contribution is 2.31. The Kier molecular flexibility index (Phi) is 5.18. The zero-order chi connectivity index (χ0) is 16.9. The number of aromatic nitrogens is 2. The Balaban J connectivity index is 1.62. The number of fused-ring (bicyclic) bond motifs is 1. The minimum absolute atomic E-state index is 0.260. The molecule has 3 rings (SSSR count). The van der Waals surface area contributed by atoms with Gasteiger partial charge in [0.15, 0.2) is 0 Å². The summed E-state index contributed by atoms with van der Waals surface area (Å²) in [7, 11) is 1.94. The van der Waals surface area contributed by atoms with Gasteiger partial charge in [0.05, 0.1) is 6.20 Å². The van der Waals surface area contributed by atoms with Crippen LogP contribution in [-0.2, 0) is 24.7 Å². The number of carbonyl (C=O) groups is 1. The van der Waals surface area contributed by atoms with E-state index >= 15 is 0 Å². The zero-order valence-corrected chi connectivity index (χ0v) is 14.2. The van der Waals surface area contributed by atoms with E-state index in [0.29, 0.717) is 5.92 Å². The molecule has 0 fully saturated rings. The molecule has 1 aliphatic heterocycles. The van der Waals surface area contributed by atoms with Crippen molar-refractivity contribution in [1.29, 1.82) is 0 Å². The molecule has 0 saturated heterocycles. The van der Waals surface area contributed by atoms with E-state index in [9.17, 15) is 4.79 Å². The Hall–Kier alpha value is -2.30. The molecule has 1 unspecified atom stereocenters. The second-order valence-electron chi connectivity index (χ2n) is 6.70. The first-order chi connectivity index (χ1) is 11.6. The van der Waals surface area contributed by atoms with Gasteiger partial charge >= 0.3 is 5.97 Å². The zero-order valence-electron chi connectivity index (χ0n) is 14.2. The molecule has 5 heteroatoms. The van der Waals surface area contributed by atoms with Crippen LogP contribution in [0, 0.1) is 5.92 Å². The fourth-order valence-corrected chi connectivity index (χ4v) is 3.59. The van der Waals surface area contributed by atoms with Crippen LogP contribution in [0.4, 0.5) is 5.69 Å². The van der Waals surface area contributed by atoms with Gasteiger partial charge in [0.1, 0.15) is 0 Å². The third-order valence-corrected chi connectivity index (χ3v) is 4.74.